The van der Waals surface area contributed by atoms with E-state index in [2.05, 4.69) is 4.74 Å². The summed E-state index contributed by atoms with van der Waals surface area (Å²) >= 11 is 0. The van der Waals surface area contributed by atoms with Crippen LogP contribution in [0.5, 0.6) is 0 Å². The molecule has 4 N–H and O–H groups in total. The van der Waals surface area contributed by atoms with Gasteiger partial charge in [0.05, 0.1) is 6.10 Å². The lowest BCUT2D eigenvalue weighted by Gasteiger charge is -2.39. The van der Waals surface area contributed by atoms with E-state index in [-0.39, 0.29) is 0 Å². The standard InChI is InChI=1S/C6H11FO5/c1-2-3(8)4(9)5(10)6(7,11)12-2/h2-5,8-11H,1H3/t2-,3+,4+,5-,6+/m0/s1. The molecule has 0 aromatic heterocycles. The Hall–Kier alpha value is -0.270. The van der Waals surface area contributed by atoms with Crippen molar-refractivity contribution in [2.24, 2.45) is 0 Å². The molecule has 0 aliphatic carbocycles. The zero-order valence-electron chi connectivity index (χ0n) is 6.38. The molecule has 0 spiro atoms. The molecule has 1 aliphatic rings. The lowest BCUT2D eigenvalue weighted by Crippen LogP contribution is -2.61. The van der Waals surface area contributed by atoms with Gasteiger partial charge in [-0.25, -0.2) is 0 Å². The first-order valence-corrected chi connectivity index (χ1v) is 3.49. The van der Waals surface area contributed by atoms with Crippen molar-refractivity contribution in [1.82, 2.24) is 0 Å². The number of alkyl halides is 1. The molecular formula is C6H11FO5. The molecule has 5 nitrogen and oxygen atoms in total. The molecule has 0 saturated carbocycles. The van der Waals surface area contributed by atoms with E-state index in [1.807, 2.05) is 0 Å². The molecule has 0 radical (unpaired) electrons. The zero-order valence-corrected chi connectivity index (χ0v) is 6.38. The molecule has 5 atom stereocenters. The number of ether oxygens (including phenoxy) is 1. The molecule has 0 aromatic rings. The molecule has 1 rings (SSSR count). The Labute approximate surface area is 68.0 Å². The summed E-state index contributed by atoms with van der Waals surface area (Å²) in [5, 5.41) is 35.5. The van der Waals surface area contributed by atoms with Crippen molar-refractivity contribution in [2.45, 2.75) is 37.4 Å². The van der Waals surface area contributed by atoms with Crippen LogP contribution in [-0.4, -0.2) is 50.9 Å². The molecule has 1 saturated heterocycles. The highest BCUT2D eigenvalue weighted by atomic mass is 19.2. The lowest BCUT2D eigenvalue weighted by atomic mass is 9.99. The first kappa shape index (κ1) is 9.82. The minimum Gasteiger partial charge on any atom is -0.388 e. The van der Waals surface area contributed by atoms with Crippen LogP contribution in [0.4, 0.5) is 4.39 Å². The number of aliphatic hydroxyl groups is 4. The topological polar surface area (TPSA) is 90.2 Å². The van der Waals surface area contributed by atoms with Crippen LogP contribution in [0.3, 0.4) is 0 Å². The van der Waals surface area contributed by atoms with Crippen LogP contribution >= 0.6 is 0 Å². The van der Waals surface area contributed by atoms with Gasteiger partial charge in [0, 0.05) is 0 Å². The molecule has 0 amide bonds. The van der Waals surface area contributed by atoms with Crippen molar-refractivity contribution in [3.63, 3.8) is 0 Å². The highest BCUT2D eigenvalue weighted by Crippen LogP contribution is 2.28. The highest BCUT2D eigenvalue weighted by Gasteiger charge is 2.52. The van der Waals surface area contributed by atoms with Gasteiger partial charge in [-0.05, 0) is 6.92 Å². The van der Waals surface area contributed by atoms with Crippen molar-refractivity contribution >= 4 is 0 Å². The van der Waals surface area contributed by atoms with Gasteiger partial charge in [0.2, 0.25) is 0 Å². The van der Waals surface area contributed by atoms with E-state index in [1.54, 1.807) is 0 Å². The molecule has 72 valence electrons. The first-order valence-electron chi connectivity index (χ1n) is 3.49. The molecule has 0 bridgehead atoms. The maximum Gasteiger partial charge on any atom is 0.347 e. The van der Waals surface area contributed by atoms with E-state index in [1.165, 1.54) is 6.92 Å². The van der Waals surface area contributed by atoms with E-state index >= 15 is 0 Å². The number of halogens is 1. The maximum atomic E-state index is 12.8. The fourth-order valence-corrected chi connectivity index (χ4v) is 1.08. The number of aliphatic hydroxyl groups excluding tert-OH is 3. The molecular weight excluding hydrogens is 171 g/mol. The minimum atomic E-state index is -3.29. The summed E-state index contributed by atoms with van der Waals surface area (Å²) in [6.45, 7) is 1.27. The smallest absolute Gasteiger partial charge is 0.347 e. The minimum absolute atomic E-state index is 1.07. The average molecular weight is 182 g/mol. The molecule has 6 heteroatoms. The summed E-state index contributed by atoms with van der Waals surface area (Å²) in [6.07, 6.45) is -6.37. The Morgan fingerprint density at radius 3 is 2.25 bits per heavy atom. The number of hydrogen-bond donors (Lipinski definition) is 4. The van der Waals surface area contributed by atoms with Gasteiger partial charge >= 0.3 is 6.04 Å². The van der Waals surface area contributed by atoms with Crippen molar-refractivity contribution in [2.75, 3.05) is 0 Å². The second kappa shape index (κ2) is 2.90. The second-order valence-corrected chi connectivity index (χ2v) is 2.86. The molecule has 0 unspecified atom stereocenters. The van der Waals surface area contributed by atoms with Gasteiger partial charge in [-0.3, -0.25) is 0 Å². The van der Waals surface area contributed by atoms with Crippen molar-refractivity contribution in [3.05, 3.63) is 0 Å². The maximum absolute atomic E-state index is 12.8. The van der Waals surface area contributed by atoms with Crippen molar-refractivity contribution in [3.8, 4) is 0 Å². The summed E-state index contributed by atoms with van der Waals surface area (Å²) in [5.41, 5.74) is 0. The molecule has 0 aromatic carbocycles. The van der Waals surface area contributed by atoms with Crippen LogP contribution in [0.15, 0.2) is 0 Å². The monoisotopic (exact) mass is 182 g/mol. The summed E-state index contributed by atoms with van der Waals surface area (Å²) in [5.74, 6) is 0. The predicted molar refractivity (Wildman–Crippen MR) is 34.6 cm³/mol. The molecule has 1 aliphatic heterocycles. The van der Waals surface area contributed by atoms with Gasteiger partial charge < -0.3 is 25.2 Å². The van der Waals surface area contributed by atoms with Crippen LogP contribution in [0.1, 0.15) is 6.92 Å². The van der Waals surface area contributed by atoms with Gasteiger partial charge in [-0.1, -0.05) is 0 Å². The highest BCUT2D eigenvalue weighted by molar-refractivity contribution is 4.89. The Kier molecular flexibility index (Phi) is 2.37. The summed E-state index contributed by atoms with van der Waals surface area (Å²) < 4.78 is 16.9. The van der Waals surface area contributed by atoms with Crippen LogP contribution in [0, 0.1) is 0 Å². The van der Waals surface area contributed by atoms with Gasteiger partial charge in [0.15, 0.2) is 6.10 Å². The first-order chi connectivity index (χ1) is 5.36. The van der Waals surface area contributed by atoms with E-state index < -0.39 is 30.5 Å². The number of hydrogen-bond acceptors (Lipinski definition) is 5. The fourth-order valence-electron chi connectivity index (χ4n) is 1.08. The van der Waals surface area contributed by atoms with Crippen LogP contribution < -0.4 is 0 Å². The third-order valence-corrected chi connectivity index (χ3v) is 1.87. The van der Waals surface area contributed by atoms with Gasteiger partial charge in [0.25, 0.3) is 0 Å². The van der Waals surface area contributed by atoms with Crippen LogP contribution in [0.25, 0.3) is 0 Å². The lowest BCUT2D eigenvalue weighted by molar-refractivity contribution is -0.398. The second-order valence-electron chi connectivity index (χ2n) is 2.86. The quantitative estimate of drug-likeness (QED) is 0.351. The number of rotatable bonds is 0. The Morgan fingerprint density at radius 2 is 1.75 bits per heavy atom. The Morgan fingerprint density at radius 1 is 1.25 bits per heavy atom. The largest absolute Gasteiger partial charge is 0.388 e. The van der Waals surface area contributed by atoms with E-state index in [4.69, 9.17) is 20.4 Å². The van der Waals surface area contributed by atoms with Crippen molar-refractivity contribution < 1.29 is 29.6 Å². The molecule has 12 heavy (non-hydrogen) atoms. The van der Waals surface area contributed by atoms with Gasteiger partial charge in [-0.15, -0.1) is 0 Å². The van der Waals surface area contributed by atoms with Crippen LogP contribution in [-0.2, 0) is 4.74 Å². The third kappa shape index (κ3) is 1.44. The molecule has 1 heterocycles. The van der Waals surface area contributed by atoms with Crippen LogP contribution in [0.2, 0.25) is 0 Å². The normalized spacial score (nSPS) is 55.5. The third-order valence-electron chi connectivity index (χ3n) is 1.87. The Balaban J connectivity index is 2.78. The van der Waals surface area contributed by atoms with Gasteiger partial charge in [0.1, 0.15) is 12.2 Å². The van der Waals surface area contributed by atoms with E-state index in [0.29, 0.717) is 0 Å². The fraction of sp³-hybridized carbons (Fsp3) is 1.00. The van der Waals surface area contributed by atoms with Crippen molar-refractivity contribution in [1.29, 1.82) is 0 Å². The van der Waals surface area contributed by atoms with E-state index in [9.17, 15) is 4.39 Å². The Bertz CT molecular complexity index is 173. The summed E-state index contributed by atoms with van der Waals surface area (Å²) in [6, 6.07) is -3.29. The summed E-state index contributed by atoms with van der Waals surface area (Å²) in [7, 11) is 0. The average Bonchev–Trinajstić information content (AvgIpc) is 1.97. The van der Waals surface area contributed by atoms with E-state index in [0.717, 1.165) is 0 Å². The molecule has 1 fully saturated rings. The summed E-state index contributed by atoms with van der Waals surface area (Å²) in [4.78, 5) is 0. The van der Waals surface area contributed by atoms with Gasteiger partial charge in [-0.2, -0.15) is 4.39 Å². The zero-order chi connectivity index (χ0) is 9.52. The predicted octanol–water partition coefficient (Wildman–Crippen LogP) is -1.90. The SMILES string of the molecule is C[C@@H]1O[C@@](O)(F)[C@@H](O)[C@H](O)[C@@H]1O.